The lowest BCUT2D eigenvalue weighted by atomic mass is 9.76. The summed E-state index contributed by atoms with van der Waals surface area (Å²) in [6.45, 7) is 4.13. The largest absolute Gasteiger partial charge is 0.325 e. The highest BCUT2D eigenvalue weighted by atomic mass is 16.2. The van der Waals surface area contributed by atoms with E-state index in [0.29, 0.717) is 11.8 Å². The first kappa shape index (κ1) is 11.5. The van der Waals surface area contributed by atoms with Crippen LogP contribution in [0.15, 0.2) is 36.4 Å². The Morgan fingerprint density at radius 2 is 2.11 bits per heavy atom. The Balaban J connectivity index is 1.80. The average Bonchev–Trinajstić information content (AvgIpc) is 2.92. The highest BCUT2D eigenvalue weighted by Crippen LogP contribution is 2.52. The van der Waals surface area contributed by atoms with Crippen molar-refractivity contribution in [1.29, 1.82) is 0 Å². The summed E-state index contributed by atoms with van der Waals surface area (Å²) in [6.07, 6.45) is 6.64. The van der Waals surface area contributed by atoms with Crippen LogP contribution in [0.1, 0.15) is 25.3 Å². The van der Waals surface area contributed by atoms with Crippen LogP contribution in [0.3, 0.4) is 0 Å². The quantitative estimate of drug-likeness (QED) is 0.788. The summed E-state index contributed by atoms with van der Waals surface area (Å²) in [4.78, 5) is 12.5. The summed E-state index contributed by atoms with van der Waals surface area (Å²) in [7, 11) is 0. The van der Waals surface area contributed by atoms with Crippen LogP contribution in [-0.2, 0) is 4.79 Å². The SMILES string of the molecule is Cc1ccccc1NC(=O)C1(C)CC2C=CC1C2. The lowest BCUT2D eigenvalue weighted by Crippen LogP contribution is -2.37. The maximum Gasteiger partial charge on any atom is 0.230 e. The van der Waals surface area contributed by atoms with E-state index in [1.807, 2.05) is 31.2 Å². The van der Waals surface area contributed by atoms with E-state index in [0.717, 1.165) is 24.1 Å². The fraction of sp³-hybridized carbons (Fsp3) is 0.438. The number of benzene rings is 1. The second-order valence-corrected chi connectivity index (χ2v) is 5.88. The molecule has 1 saturated carbocycles. The molecule has 1 fully saturated rings. The van der Waals surface area contributed by atoms with E-state index in [1.54, 1.807) is 0 Å². The molecule has 2 heteroatoms. The molecule has 0 aromatic heterocycles. The topological polar surface area (TPSA) is 29.1 Å². The van der Waals surface area contributed by atoms with Gasteiger partial charge in [-0.1, -0.05) is 37.3 Å². The van der Waals surface area contributed by atoms with Crippen LogP contribution in [0, 0.1) is 24.2 Å². The van der Waals surface area contributed by atoms with E-state index in [-0.39, 0.29) is 11.3 Å². The van der Waals surface area contributed by atoms with Crippen molar-refractivity contribution in [1.82, 2.24) is 0 Å². The molecule has 0 aliphatic heterocycles. The number of fused-ring (bicyclic) bond motifs is 2. The lowest BCUT2D eigenvalue weighted by Gasteiger charge is -2.30. The summed E-state index contributed by atoms with van der Waals surface area (Å²) in [5.41, 5.74) is 1.84. The number of hydrogen-bond donors (Lipinski definition) is 1. The Hall–Kier alpha value is -1.57. The van der Waals surface area contributed by atoms with Gasteiger partial charge < -0.3 is 5.32 Å². The minimum Gasteiger partial charge on any atom is -0.325 e. The van der Waals surface area contributed by atoms with Crippen LogP contribution in [0.5, 0.6) is 0 Å². The van der Waals surface area contributed by atoms with Gasteiger partial charge >= 0.3 is 0 Å². The van der Waals surface area contributed by atoms with Gasteiger partial charge in [-0.2, -0.15) is 0 Å². The molecule has 1 N–H and O–H groups in total. The predicted molar refractivity (Wildman–Crippen MR) is 73.3 cm³/mol. The molecule has 3 rings (SSSR count). The summed E-state index contributed by atoms with van der Waals surface area (Å²) in [6, 6.07) is 7.96. The maximum atomic E-state index is 12.5. The van der Waals surface area contributed by atoms with E-state index in [2.05, 4.69) is 24.4 Å². The summed E-state index contributed by atoms with van der Waals surface area (Å²) in [5, 5.41) is 3.10. The first-order valence-electron chi connectivity index (χ1n) is 6.65. The molecule has 94 valence electrons. The van der Waals surface area contributed by atoms with Gasteiger partial charge in [-0.05, 0) is 43.2 Å². The highest BCUT2D eigenvalue weighted by Gasteiger charge is 2.49. The summed E-state index contributed by atoms with van der Waals surface area (Å²) >= 11 is 0. The van der Waals surface area contributed by atoms with Gasteiger partial charge in [0.1, 0.15) is 0 Å². The summed E-state index contributed by atoms with van der Waals surface area (Å²) in [5.74, 6) is 1.21. The van der Waals surface area contributed by atoms with Gasteiger partial charge in [0.05, 0.1) is 5.41 Å². The average molecular weight is 241 g/mol. The minimum absolute atomic E-state index is 0.175. The molecular weight excluding hydrogens is 222 g/mol. The van der Waals surface area contributed by atoms with Crippen molar-refractivity contribution >= 4 is 11.6 Å². The van der Waals surface area contributed by atoms with Gasteiger partial charge in [-0.15, -0.1) is 0 Å². The standard InChI is InChI=1S/C16H19NO/c1-11-5-3-4-6-14(11)17-15(18)16(2)10-12-7-8-13(16)9-12/h3-8,12-13H,9-10H2,1-2H3,(H,17,18). The van der Waals surface area contributed by atoms with E-state index < -0.39 is 0 Å². The lowest BCUT2D eigenvalue weighted by molar-refractivity contribution is -0.126. The Labute approximate surface area is 108 Å². The predicted octanol–water partition coefficient (Wildman–Crippen LogP) is 3.54. The first-order chi connectivity index (χ1) is 8.59. The molecule has 3 unspecified atom stereocenters. The van der Waals surface area contributed by atoms with Crippen molar-refractivity contribution in [3.8, 4) is 0 Å². The molecule has 2 aliphatic carbocycles. The Kier molecular flexibility index (Phi) is 2.54. The van der Waals surface area contributed by atoms with Crippen molar-refractivity contribution in [2.24, 2.45) is 17.3 Å². The zero-order chi connectivity index (χ0) is 12.8. The number of rotatable bonds is 2. The molecule has 1 aromatic carbocycles. The third-order valence-electron chi connectivity index (χ3n) is 4.59. The van der Waals surface area contributed by atoms with Gasteiger partial charge in [0.25, 0.3) is 0 Å². The number of carbonyl (C=O) groups excluding carboxylic acids is 1. The molecular formula is C16H19NO. The third kappa shape index (κ3) is 1.67. The molecule has 0 spiro atoms. The Morgan fingerprint density at radius 3 is 2.72 bits per heavy atom. The third-order valence-corrected chi connectivity index (χ3v) is 4.59. The van der Waals surface area contributed by atoms with E-state index in [9.17, 15) is 4.79 Å². The van der Waals surface area contributed by atoms with E-state index in [4.69, 9.17) is 0 Å². The molecule has 2 bridgehead atoms. The number of hydrogen-bond acceptors (Lipinski definition) is 1. The maximum absolute atomic E-state index is 12.5. The smallest absolute Gasteiger partial charge is 0.230 e. The molecule has 0 saturated heterocycles. The summed E-state index contributed by atoms with van der Waals surface area (Å²) < 4.78 is 0. The van der Waals surface area contributed by atoms with Gasteiger partial charge in [-0.3, -0.25) is 4.79 Å². The van der Waals surface area contributed by atoms with Gasteiger partial charge in [0.2, 0.25) is 5.91 Å². The number of amides is 1. The highest BCUT2D eigenvalue weighted by molar-refractivity contribution is 5.96. The van der Waals surface area contributed by atoms with Crippen LogP contribution < -0.4 is 5.32 Å². The van der Waals surface area contributed by atoms with Gasteiger partial charge in [0, 0.05) is 5.69 Å². The molecule has 3 atom stereocenters. The number of nitrogens with one attached hydrogen (secondary N) is 1. The molecule has 1 amide bonds. The number of allylic oxidation sites excluding steroid dienone is 2. The number of anilines is 1. The van der Waals surface area contributed by atoms with Crippen LogP contribution in [-0.4, -0.2) is 5.91 Å². The van der Waals surface area contributed by atoms with Crippen molar-refractivity contribution in [3.05, 3.63) is 42.0 Å². The van der Waals surface area contributed by atoms with Crippen LogP contribution in [0.2, 0.25) is 0 Å². The molecule has 0 radical (unpaired) electrons. The first-order valence-corrected chi connectivity index (χ1v) is 6.65. The van der Waals surface area contributed by atoms with Crippen molar-refractivity contribution in [2.45, 2.75) is 26.7 Å². The van der Waals surface area contributed by atoms with Gasteiger partial charge in [0.15, 0.2) is 0 Å². The fourth-order valence-electron chi connectivity index (χ4n) is 3.33. The molecule has 2 nitrogen and oxygen atoms in total. The van der Waals surface area contributed by atoms with Gasteiger partial charge in [-0.25, -0.2) is 0 Å². The van der Waals surface area contributed by atoms with Crippen molar-refractivity contribution < 1.29 is 4.79 Å². The Bertz CT molecular complexity index is 520. The fourth-order valence-corrected chi connectivity index (χ4v) is 3.33. The van der Waals surface area contributed by atoms with Crippen LogP contribution >= 0.6 is 0 Å². The second kappa shape index (κ2) is 3.98. The van der Waals surface area contributed by atoms with Crippen molar-refractivity contribution in [3.63, 3.8) is 0 Å². The second-order valence-electron chi connectivity index (χ2n) is 5.88. The van der Waals surface area contributed by atoms with Crippen LogP contribution in [0.4, 0.5) is 5.69 Å². The van der Waals surface area contributed by atoms with Crippen molar-refractivity contribution in [2.75, 3.05) is 5.32 Å². The molecule has 0 heterocycles. The molecule has 1 aromatic rings. The number of aryl methyl sites for hydroxylation is 1. The molecule has 18 heavy (non-hydrogen) atoms. The van der Waals surface area contributed by atoms with E-state index in [1.165, 1.54) is 0 Å². The minimum atomic E-state index is -0.221. The zero-order valence-electron chi connectivity index (χ0n) is 10.9. The number of para-hydroxylation sites is 1. The molecule has 2 aliphatic rings. The normalized spacial score (nSPS) is 32.8. The Morgan fingerprint density at radius 1 is 1.33 bits per heavy atom. The zero-order valence-corrected chi connectivity index (χ0v) is 10.9. The van der Waals surface area contributed by atoms with Crippen LogP contribution in [0.25, 0.3) is 0 Å². The van der Waals surface area contributed by atoms with E-state index >= 15 is 0 Å². The number of carbonyl (C=O) groups is 1. The monoisotopic (exact) mass is 241 g/mol.